The van der Waals surface area contributed by atoms with Gasteiger partial charge in [-0.15, -0.1) is 0 Å². The smallest absolute Gasteiger partial charge is 0.121 e. The van der Waals surface area contributed by atoms with Crippen molar-refractivity contribution in [2.24, 2.45) is 0 Å². The second-order valence-corrected chi connectivity index (χ2v) is 2.67. The predicted octanol–water partition coefficient (Wildman–Crippen LogP) is 1.21. The lowest BCUT2D eigenvalue weighted by molar-refractivity contribution is 0.239. The summed E-state index contributed by atoms with van der Waals surface area (Å²) in [5.41, 5.74) is -0.865. The quantitative estimate of drug-likeness (QED) is 0.490. The summed E-state index contributed by atoms with van der Waals surface area (Å²) in [5, 5.41) is 0. The van der Waals surface area contributed by atoms with E-state index in [1.54, 1.807) is 11.9 Å². The molecule has 0 amide bonds. The van der Waals surface area contributed by atoms with Crippen LogP contribution >= 0.6 is 0 Å². The number of hydrogen-bond acceptors (Lipinski definition) is 1. The van der Waals surface area contributed by atoms with Gasteiger partial charge in [0.1, 0.15) is 5.67 Å². The van der Waals surface area contributed by atoms with Crippen LogP contribution in [-0.2, 0) is 0 Å². The second-order valence-electron chi connectivity index (χ2n) is 2.67. The summed E-state index contributed by atoms with van der Waals surface area (Å²) in [4.78, 5) is 1.65. The Hall–Kier alpha value is -0.110. The van der Waals surface area contributed by atoms with Gasteiger partial charge < -0.3 is 4.90 Å². The highest BCUT2D eigenvalue weighted by Crippen LogP contribution is 2.39. The van der Waals surface area contributed by atoms with Crippen molar-refractivity contribution < 1.29 is 4.39 Å². The van der Waals surface area contributed by atoms with Crippen LogP contribution in [0.25, 0.3) is 0 Å². The fraction of sp³-hybridized carbons (Fsp3) is 0.833. The first-order chi connectivity index (χ1) is 3.62. The van der Waals surface area contributed by atoms with Crippen LogP contribution in [0.4, 0.5) is 4.39 Å². The van der Waals surface area contributed by atoms with Crippen LogP contribution in [0.5, 0.6) is 0 Å². The molecule has 0 aromatic carbocycles. The minimum Gasteiger partial charge on any atom is -0.459 e. The Balaban J connectivity index is 2.19. The van der Waals surface area contributed by atoms with Crippen LogP contribution in [0.3, 0.4) is 0 Å². The van der Waals surface area contributed by atoms with Crippen molar-refractivity contribution in [1.29, 1.82) is 0 Å². The largest absolute Gasteiger partial charge is 0.459 e. The van der Waals surface area contributed by atoms with Gasteiger partial charge in [-0.2, -0.15) is 0 Å². The van der Waals surface area contributed by atoms with Gasteiger partial charge in [-0.05, 0) is 19.9 Å². The van der Waals surface area contributed by atoms with Crippen molar-refractivity contribution in [3.8, 4) is 0 Å². The molecule has 8 heavy (non-hydrogen) atoms. The van der Waals surface area contributed by atoms with E-state index in [0.717, 1.165) is 12.8 Å². The van der Waals surface area contributed by atoms with E-state index in [1.165, 1.54) is 0 Å². The van der Waals surface area contributed by atoms with Gasteiger partial charge in [0.25, 0.3) is 0 Å². The normalized spacial score (nSPS) is 24.0. The number of halogens is 1. The lowest BCUT2D eigenvalue weighted by atomic mass is 10.3. The Morgan fingerprint density at radius 2 is 2.25 bits per heavy atom. The van der Waals surface area contributed by atoms with Crippen molar-refractivity contribution in [2.75, 3.05) is 13.6 Å². The lowest BCUT2D eigenvalue weighted by Crippen LogP contribution is -2.21. The Morgan fingerprint density at radius 3 is 2.38 bits per heavy atom. The van der Waals surface area contributed by atoms with Crippen LogP contribution in [0.15, 0.2) is 0 Å². The molecule has 2 heteroatoms. The number of nitrogens with zero attached hydrogens (tertiary/aromatic N) is 1. The van der Waals surface area contributed by atoms with Crippen LogP contribution in [0.2, 0.25) is 0 Å². The zero-order valence-electron chi connectivity index (χ0n) is 5.15. The Kier molecular flexibility index (Phi) is 1.27. The van der Waals surface area contributed by atoms with E-state index in [0.29, 0.717) is 6.54 Å². The molecule has 1 rings (SSSR count). The monoisotopic (exact) mass is 116 g/mol. The average Bonchev–Trinajstić information content (AvgIpc) is 2.17. The molecule has 0 heterocycles. The third-order valence-electron chi connectivity index (χ3n) is 1.35. The molecule has 0 unspecified atom stereocenters. The maximum atomic E-state index is 12.7. The Labute approximate surface area is 49.5 Å². The molecule has 0 N–H and O–H groups in total. The third-order valence-corrected chi connectivity index (χ3v) is 1.35. The lowest BCUT2D eigenvalue weighted by Gasteiger charge is -2.19. The molecule has 0 saturated heterocycles. The first-order valence-corrected chi connectivity index (χ1v) is 2.83. The van der Waals surface area contributed by atoms with Crippen LogP contribution in [0.1, 0.15) is 12.8 Å². The first-order valence-electron chi connectivity index (χ1n) is 2.83. The van der Waals surface area contributed by atoms with Gasteiger partial charge in [-0.3, -0.25) is 7.05 Å². The van der Waals surface area contributed by atoms with E-state index in [-0.39, 0.29) is 0 Å². The van der Waals surface area contributed by atoms with E-state index in [2.05, 4.69) is 7.05 Å². The number of alkyl halides is 1. The van der Waals surface area contributed by atoms with Crippen LogP contribution < -0.4 is 0 Å². The summed E-state index contributed by atoms with van der Waals surface area (Å²) in [6.45, 7) is 0.493. The number of rotatable bonds is 2. The molecule has 1 aliphatic carbocycles. The van der Waals surface area contributed by atoms with Gasteiger partial charge in [-0.1, -0.05) is 0 Å². The molecule has 0 spiro atoms. The SMILES string of the molecule is [CH2-]N(C)CC1(F)CC1. The summed E-state index contributed by atoms with van der Waals surface area (Å²) in [6.07, 6.45) is 1.46. The molecule has 1 saturated carbocycles. The Morgan fingerprint density at radius 1 is 1.75 bits per heavy atom. The van der Waals surface area contributed by atoms with E-state index in [9.17, 15) is 4.39 Å². The molecule has 48 valence electrons. The highest BCUT2D eigenvalue weighted by Gasteiger charge is 2.42. The molecule has 0 bridgehead atoms. The maximum absolute atomic E-state index is 12.7. The summed E-state index contributed by atoms with van der Waals surface area (Å²) >= 11 is 0. The summed E-state index contributed by atoms with van der Waals surface area (Å²) < 4.78 is 12.7. The first kappa shape index (κ1) is 6.02. The zero-order chi connectivity index (χ0) is 6.20. The predicted molar refractivity (Wildman–Crippen MR) is 31.1 cm³/mol. The van der Waals surface area contributed by atoms with Gasteiger partial charge in [0, 0.05) is 6.54 Å². The molecule has 0 aliphatic heterocycles. The third kappa shape index (κ3) is 1.44. The molecule has 1 nitrogen and oxygen atoms in total. The molecule has 0 aromatic heterocycles. The molecular weight excluding hydrogens is 105 g/mol. The van der Waals surface area contributed by atoms with Crippen LogP contribution in [-0.4, -0.2) is 24.2 Å². The molecule has 0 radical (unpaired) electrons. The van der Waals surface area contributed by atoms with Gasteiger partial charge in [-0.25, -0.2) is 4.39 Å². The van der Waals surface area contributed by atoms with E-state index >= 15 is 0 Å². The topological polar surface area (TPSA) is 3.24 Å². The van der Waals surface area contributed by atoms with Crippen LogP contribution in [0, 0.1) is 7.05 Å². The van der Waals surface area contributed by atoms with Gasteiger partial charge >= 0.3 is 0 Å². The standard InChI is InChI=1S/C6H11FN/c1-8(2)5-6(7)3-4-6/h1,3-5H2,2H3/q-1. The Bertz CT molecular complexity index is 86.5. The molecule has 1 fully saturated rings. The fourth-order valence-corrected chi connectivity index (χ4v) is 0.777. The van der Waals surface area contributed by atoms with Gasteiger partial charge in [0.15, 0.2) is 0 Å². The van der Waals surface area contributed by atoms with E-state index < -0.39 is 5.67 Å². The van der Waals surface area contributed by atoms with Crippen molar-refractivity contribution in [3.63, 3.8) is 0 Å². The maximum Gasteiger partial charge on any atom is 0.121 e. The molecule has 1 aliphatic rings. The summed E-state index contributed by atoms with van der Waals surface area (Å²) in [5.74, 6) is 0. The second kappa shape index (κ2) is 1.69. The minimum atomic E-state index is -0.865. The van der Waals surface area contributed by atoms with Crippen molar-refractivity contribution in [3.05, 3.63) is 7.05 Å². The van der Waals surface area contributed by atoms with Gasteiger partial charge in [0.05, 0.1) is 0 Å². The van der Waals surface area contributed by atoms with E-state index in [4.69, 9.17) is 0 Å². The van der Waals surface area contributed by atoms with Crippen molar-refractivity contribution in [2.45, 2.75) is 18.5 Å². The average molecular weight is 116 g/mol. The number of hydrogen-bond donors (Lipinski definition) is 0. The van der Waals surface area contributed by atoms with Crippen molar-refractivity contribution >= 4 is 0 Å². The van der Waals surface area contributed by atoms with Crippen molar-refractivity contribution in [1.82, 2.24) is 4.90 Å². The fourth-order valence-electron chi connectivity index (χ4n) is 0.777. The molecular formula is C6H11FN-. The highest BCUT2D eigenvalue weighted by molar-refractivity contribution is 4.96. The molecule has 0 aromatic rings. The van der Waals surface area contributed by atoms with Gasteiger partial charge in [0.2, 0.25) is 0 Å². The minimum absolute atomic E-state index is 0.493. The molecule has 0 atom stereocenters. The highest BCUT2D eigenvalue weighted by atomic mass is 19.1. The summed E-state index contributed by atoms with van der Waals surface area (Å²) in [7, 11) is 5.35. The zero-order valence-corrected chi connectivity index (χ0v) is 5.15. The van der Waals surface area contributed by atoms with E-state index in [1.807, 2.05) is 0 Å². The summed E-state index contributed by atoms with van der Waals surface area (Å²) in [6, 6.07) is 0.